The molecular weight excluding hydrogens is 443 g/mol. The van der Waals surface area contributed by atoms with Gasteiger partial charge in [-0.05, 0) is 48.4 Å². The SMILES string of the molecule is C=CCOc1c(C)cc(CCCOp2oc3ccccc3c3ccccc3o2)cc1C(C)(C)C. The predicted molar refractivity (Wildman–Crippen MR) is 142 cm³/mol. The van der Waals surface area contributed by atoms with Gasteiger partial charge in [-0.25, -0.2) is 0 Å². The number of hydrogen-bond donors (Lipinski definition) is 0. The lowest BCUT2D eigenvalue weighted by molar-refractivity contribution is 0.348. The van der Waals surface area contributed by atoms with Crippen LogP contribution in [0.2, 0.25) is 0 Å². The molecular formula is C29H33O4P. The number of para-hydroxylation sites is 2. The zero-order chi connectivity index (χ0) is 24.1. The Hall–Kier alpha value is -2.94. The van der Waals surface area contributed by atoms with Gasteiger partial charge in [-0.2, -0.15) is 0 Å². The fourth-order valence-electron chi connectivity index (χ4n) is 4.07. The molecule has 0 aliphatic heterocycles. The lowest BCUT2D eigenvalue weighted by atomic mass is 9.83. The van der Waals surface area contributed by atoms with Gasteiger partial charge in [0, 0.05) is 16.3 Å². The van der Waals surface area contributed by atoms with Gasteiger partial charge >= 0.3 is 8.24 Å². The summed E-state index contributed by atoms with van der Waals surface area (Å²) in [5.74, 6) is 0.966. The summed E-state index contributed by atoms with van der Waals surface area (Å²) in [5, 5.41) is 2.05. The largest absolute Gasteiger partial charge is 0.489 e. The van der Waals surface area contributed by atoms with Crippen LogP contribution in [0.4, 0.5) is 0 Å². The molecule has 0 saturated heterocycles. The maximum absolute atomic E-state index is 6.12. The van der Waals surface area contributed by atoms with Gasteiger partial charge < -0.3 is 13.1 Å². The molecule has 0 amide bonds. The van der Waals surface area contributed by atoms with Crippen molar-refractivity contribution in [3.63, 3.8) is 0 Å². The number of fused-ring (bicyclic) bond motifs is 3. The molecule has 0 bridgehead atoms. The molecule has 4 aromatic rings. The fraction of sp³-hybridized carbons (Fsp3) is 0.310. The van der Waals surface area contributed by atoms with Crippen molar-refractivity contribution in [1.29, 1.82) is 0 Å². The minimum atomic E-state index is -1.52. The van der Waals surface area contributed by atoms with E-state index in [0.717, 1.165) is 46.1 Å². The zero-order valence-electron chi connectivity index (χ0n) is 20.5. The minimum absolute atomic E-state index is 0.0141. The Morgan fingerprint density at radius 2 is 1.56 bits per heavy atom. The Bertz CT molecular complexity index is 1270. The second-order valence-corrected chi connectivity index (χ2v) is 10.5. The lowest BCUT2D eigenvalue weighted by Gasteiger charge is -2.25. The molecule has 4 nitrogen and oxygen atoms in total. The average molecular weight is 477 g/mol. The van der Waals surface area contributed by atoms with E-state index in [4.69, 9.17) is 17.7 Å². The van der Waals surface area contributed by atoms with E-state index in [1.165, 1.54) is 11.1 Å². The van der Waals surface area contributed by atoms with Gasteiger partial charge in [0.2, 0.25) is 0 Å². The van der Waals surface area contributed by atoms with Gasteiger partial charge in [0.25, 0.3) is 0 Å². The molecule has 0 N–H and O–H groups in total. The van der Waals surface area contributed by atoms with E-state index in [-0.39, 0.29) is 5.41 Å². The molecule has 0 fully saturated rings. The normalized spacial score (nSPS) is 11.6. The van der Waals surface area contributed by atoms with Crippen LogP contribution in [-0.4, -0.2) is 13.2 Å². The summed E-state index contributed by atoms with van der Waals surface area (Å²) in [6.07, 6.45) is 3.56. The van der Waals surface area contributed by atoms with Crippen LogP contribution in [0.15, 0.2) is 81.7 Å². The molecule has 34 heavy (non-hydrogen) atoms. The van der Waals surface area contributed by atoms with Gasteiger partial charge in [-0.15, -0.1) is 0 Å². The number of hydrogen-bond acceptors (Lipinski definition) is 4. The molecule has 0 spiro atoms. The first-order valence-electron chi connectivity index (χ1n) is 11.7. The Balaban J connectivity index is 1.51. The molecule has 1 heterocycles. The number of rotatable bonds is 8. The minimum Gasteiger partial charge on any atom is -0.489 e. The fourth-order valence-corrected chi connectivity index (χ4v) is 5.13. The smallest absolute Gasteiger partial charge is 0.387 e. The van der Waals surface area contributed by atoms with Crippen LogP contribution in [0, 0.1) is 6.92 Å². The maximum Gasteiger partial charge on any atom is 0.387 e. The highest BCUT2D eigenvalue weighted by Gasteiger charge is 2.21. The van der Waals surface area contributed by atoms with E-state index in [1.54, 1.807) is 6.08 Å². The highest BCUT2D eigenvalue weighted by Crippen LogP contribution is 2.36. The summed E-state index contributed by atoms with van der Waals surface area (Å²) in [6.45, 7) is 13.6. The summed E-state index contributed by atoms with van der Waals surface area (Å²) in [6, 6.07) is 20.5. The van der Waals surface area contributed by atoms with Crippen LogP contribution in [0.5, 0.6) is 5.75 Å². The molecule has 0 radical (unpaired) electrons. The van der Waals surface area contributed by atoms with Gasteiger partial charge in [0.1, 0.15) is 23.5 Å². The highest BCUT2D eigenvalue weighted by atomic mass is 31.1. The molecule has 5 heteroatoms. The maximum atomic E-state index is 6.12. The Morgan fingerprint density at radius 3 is 2.15 bits per heavy atom. The van der Waals surface area contributed by atoms with E-state index in [2.05, 4.69) is 46.4 Å². The monoisotopic (exact) mass is 476 g/mol. The quantitative estimate of drug-likeness (QED) is 0.189. The summed E-state index contributed by atoms with van der Waals surface area (Å²) in [7, 11) is -1.52. The molecule has 178 valence electrons. The van der Waals surface area contributed by atoms with Crippen LogP contribution in [-0.2, 0) is 11.8 Å². The predicted octanol–water partition coefficient (Wildman–Crippen LogP) is 8.52. The standard InChI is InChI=1S/C29H33O4P/c1-6-17-30-28-21(2)19-22(20-25(28)29(3,4)5)12-11-18-31-34-32-26-15-9-7-13-23(26)24-14-8-10-16-27(24)33-34/h6-10,13-16,19-20H,1,11-12,17-18H2,2-5H3. The first-order valence-corrected chi connectivity index (χ1v) is 12.8. The van der Waals surface area contributed by atoms with Crippen molar-refractivity contribution < 1.29 is 17.7 Å². The molecule has 1 aromatic heterocycles. The van der Waals surface area contributed by atoms with E-state index in [1.807, 2.05) is 48.5 Å². The van der Waals surface area contributed by atoms with Crippen LogP contribution in [0.3, 0.4) is 0 Å². The summed E-state index contributed by atoms with van der Waals surface area (Å²) >= 11 is 0. The van der Waals surface area contributed by atoms with Crippen molar-refractivity contribution in [3.05, 3.63) is 90.0 Å². The van der Waals surface area contributed by atoms with Gasteiger partial charge in [0.05, 0.1) is 6.61 Å². The van der Waals surface area contributed by atoms with Crippen molar-refractivity contribution in [2.24, 2.45) is 0 Å². The zero-order valence-corrected chi connectivity index (χ0v) is 21.4. The summed E-state index contributed by atoms with van der Waals surface area (Å²) in [5.41, 5.74) is 5.22. The highest BCUT2D eigenvalue weighted by molar-refractivity contribution is 7.31. The molecule has 3 aromatic carbocycles. The third-order valence-electron chi connectivity index (χ3n) is 5.70. The summed E-state index contributed by atoms with van der Waals surface area (Å²) in [4.78, 5) is 0. The number of ether oxygens (including phenoxy) is 1. The Morgan fingerprint density at radius 1 is 0.941 bits per heavy atom. The topological polar surface area (TPSA) is 44.7 Å². The lowest BCUT2D eigenvalue weighted by Crippen LogP contribution is -2.15. The van der Waals surface area contributed by atoms with Gasteiger partial charge in [0.15, 0.2) is 0 Å². The van der Waals surface area contributed by atoms with E-state index >= 15 is 0 Å². The second kappa shape index (κ2) is 10.5. The summed E-state index contributed by atoms with van der Waals surface area (Å²) < 4.78 is 24.3. The molecule has 0 saturated carbocycles. The van der Waals surface area contributed by atoms with Crippen molar-refractivity contribution in [3.8, 4) is 5.75 Å². The Labute approximate surface area is 202 Å². The van der Waals surface area contributed by atoms with Crippen LogP contribution >= 0.6 is 8.24 Å². The van der Waals surface area contributed by atoms with E-state index in [9.17, 15) is 0 Å². The number of benzene rings is 3. The van der Waals surface area contributed by atoms with Crippen molar-refractivity contribution in [2.75, 3.05) is 13.2 Å². The molecule has 0 aliphatic rings. The Kier molecular flexibility index (Phi) is 7.50. The number of aryl methyl sites for hydroxylation is 2. The first kappa shape index (κ1) is 24.2. The van der Waals surface area contributed by atoms with Gasteiger partial charge in [-0.1, -0.05) is 82.0 Å². The van der Waals surface area contributed by atoms with Crippen molar-refractivity contribution in [2.45, 2.75) is 46.0 Å². The van der Waals surface area contributed by atoms with Crippen LogP contribution in [0.1, 0.15) is 43.9 Å². The van der Waals surface area contributed by atoms with Crippen LogP contribution < -0.4 is 9.26 Å². The van der Waals surface area contributed by atoms with Gasteiger partial charge in [-0.3, -0.25) is 4.52 Å². The molecule has 4 rings (SSSR count). The molecule has 0 atom stereocenters. The average Bonchev–Trinajstić information content (AvgIpc) is 2.97. The first-order chi connectivity index (χ1) is 16.4. The van der Waals surface area contributed by atoms with E-state index in [0.29, 0.717) is 13.2 Å². The molecule has 0 unspecified atom stereocenters. The third-order valence-corrected chi connectivity index (χ3v) is 6.79. The molecule has 0 aliphatic carbocycles. The van der Waals surface area contributed by atoms with Crippen molar-refractivity contribution >= 4 is 30.2 Å². The van der Waals surface area contributed by atoms with Crippen molar-refractivity contribution in [1.82, 2.24) is 0 Å². The second-order valence-electron chi connectivity index (χ2n) is 9.47. The van der Waals surface area contributed by atoms with E-state index < -0.39 is 8.24 Å². The third kappa shape index (κ3) is 5.58. The van der Waals surface area contributed by atoms with Crippen LogP contribution in [0.25, 0.3) is 21.9 Å².